The molecule has 24 heavy (non-hydrogen) atoms. The van der Waals surface area contributed by atoms with Crippen LogP contribution in [0, 0.1) is 18.8 Å². The lowest BCUT2D eigenvalue weighted by Gasteiger charge is -2.03. The Bertz CT molecular complexity index is 788. The van der Waals surface area contributed by atoms with E-state index in [1.165, 1.54) is 0 Å². The molecule has 0 bridgehead atoms. The van der Waals surface area contributed by atoms with Crippen molar-refractivity contribution in [2.75, 3.05) is 6.61 Å². The third-order valence-electron chi connectivity index (χ3n) is 3.19. The van der Waals surface area contributed by atoms with Crippen LogP contribution in [0.3, 0.4) is 0 Å². The molecule has 0 aliphatic carbocycles. The maximum atomic E-state index is 10.2. The number of aromatic nitrogens is 2. The summed E-state index contributed by atoms with van der Waals surface area (Å²) < 4.78 is 0. The van der Waals surface area contributed by atoms with Crippen LogP contribution in [0.1, 0.15) is 36.1 Å². The van der Waals surface area contributed by atoms with Crippen molar-refractivity contribution < 1.29 is 9.63 Å². The lowest BCUT2D eigenvalue weighted by atomic mass is 10.2. The van der Waals surface area contributed by atoms with E-state index in [2.05, 4.69) is 27.0 Å². The predicted octanol–water partition coefficient (Wildman–Crippen LogP) is 2.71. The first-order chi connectivity index (χ1) is 11.7. The van der Waals surface area contributed by atoms with E-state index in [1.807, 2.05) is 44.2 Å². The van der Waals surface area contributed by atoms with Gasteiger partial charge >= 0.3 is 0 Å². The molecule has 2 rings (SSSR count). The van der Waals surface area contributed by atoms with Gasteiger partial charge in [0, 0.05) is 11.4 Å². The van der Waals surface area contributed by atoms with E-state index in [0.717, 1.165) is 35.6 Å². The van der Waals surface area contributed by atoms with Crippen LogP contribution in [-0.4, -0.2) is 28.6 Å². The smallest absolute Gasteiger partial charge is 0.193 e. The van der Waals surface area contributed by atoms with Crippen molar-refractivity contribution in [2.45, 2.75) is 26.7 Å². The van der Waals surface area contributed by atoms with Crippen molar-refractivity contribution in [1.82, 2.24) is 9.97 Å². The van der Waals surface area contributed by atoms with E-state index in [4.69, 9.17) is 4.84 Å². The van der Waals surface area contributed by atoms with E-state index in [-0.39, 0.29) is 0 Å². The van der Waals surface area contributed by atoms with Crippen LogP contribution >= 0.6 is 0 Å². The molecule has 0 unspecified atom stereocenters. The van der Waals surface area contributed by atoms with Gasteiger partial charge < -0.3 is 4.84 Å². The van der Waals surface area contributed by atoms with Gasteiger partial charge in [-0.25, -0.2) is 4.98 Å². The van der Waals surface area contributed by atoms with Crippen LogP contribution in [-0.2, 0) is 16.1 Å². The highest BCUT2D eigenvalue weighted by molar-refractivity contribution is 5.96. The van der Waals surface area contributed by atoms with Crippen LogP contribution in [0.2, 0.25) is 0 Å². The Morgan fingerprint density at radius 2 is 2.08 bits per heavy atom. The summed E-state index contributed by atoms with van der Waals surface area (Å²) in [5, 5.41) is 4.10. The Kier molecular flexibility index (Phi) is 6.66. The molecule has 2 aromatic heterocycles. The summed E-state index contributed by atoms with van der Waals surface area (Å²) in [4.78, 5) is 24.4. The van der Waals surface area contributed by atoms with Crippen molar-refractivity contribution >= 4 is 12.0 Å². The Hall–Kier alpha value is -3.00. The zero-order chi connectivity index (χ0) is 17.2. The molecule has 122 valence electrons. The van der Waals surface area contributed by atoms with E-state index in [1.54, 1.807) is 6.07 Å². The van der Waals surface area contributed by atoms with Gasteiger partial charge in [-0.15, -0.1) is 0 Å². The zero-order valence-corrected chi connectivity index (χ0v) is 13.8. The minimum absolute atomic E-state index is 0.495. The first-order valence-electron chi connectivity index (χ1n) is 7.71. The lowest BCUT2D eigenvalue weighted by Crippen LogP contribution is -2.02. The molecule has 5 heteroatoms. The van der Waals surface area contributed by atoms with Crippen molar-refractivity contribution in [1.29, 1.82) is 0 Å². The second kappa shape index (κ2) is 9.21. The van der Waals surface area contributed by atoms with Crippen molar-refractivity contribution in [3.63, 3.8) is 0 Å². The van der Waals surface area contributed by atoms with E-state index >= 15 is 0 Å². The van der Waals surface area contributed by atoms with Crippen molar-refractivity contribution in [3.05, 3.63) is 59.2 Å². The second-order valence-electron chi connectivity index (χ2n) is 5.18. The molecule has 0 aromatic carbocycles. The fourth-order valence-electron chi connectivity index (χ4n) is 2.04. The third kappa shape index (κ3) is 5.65. The molecule has 0 saturated carbocycles. The monoisotopic (exact) mass is 321 g/mol. The lowest BCUT2D eigenvalue weighted by molar-refractivity contribution is -0.103. The summed E-state index contributed by atoms with van der Waals surface area (Å²) >= 11 is 0. The quantitative estimate of drug-likeness (QED) is 0.270. The standard InChI is InChI=1S/C19H19N3O2/c1-15-7-3-12-19(20-15)16(2)22-24-14-6-11-18-9-4-8-17(21-18)10-5-13-23/h3-4,7-9,12-13H,6,11,14H2,1-2H3/b22-16+. The number of carbonyl (C=O) groups excluding carboxylic acids is 1. The molecule has 2 aromatic rings. The summed E-state index contributed by atoms with van der Waals surface area (Å²) in [5.41, 5.74) is 4.03. The fraction of sp³-hybridized carbons (Fsp3) is 0.263. The van der Waals surface area contributed by atoms with Gasteiger partial charge in [0.1, 0.15) is 18.0 Å². The van der Waals surface area contributed by atoms with Crippen LogP contribution in [0.5, 0.6) is 0 Å². The first-order valence-corrected chi connectivity index (χ1v) is 7.71. The van der Waals surface area contributed by atoms with Gasteiger partial charge in [-0.3, -0.25) is 9.78 Å². The molecule has 0 aliphatic rings. The van der Waals surface area contributed by atoms with Gasteiger partial charge in [-0.2, -0.15) is 0 Å². The van der Waals surface area contributed by atoms with Crippen LogP contribution in [0.4, 0.5) is 0 Å². The largest absolute Gasteiger partial charge is 0.396 e. The predicted molar refractivity (Wildman–Crippen MR) is 92.6 cm³/mol. The first kappa shape index (κ1) is 17.4. The number of rotatable bonds is 6. The molecule has 5 nitrogen and oxygen atoms in total. The van der Waals surface area contributed by atoms with Gasteiger partial charge in [-0.05, 0) is 62.8 Å². The molecule has 0 N–H and O–H groups in total. The topological polar surface area (TPSA) is 64.4 Å². The highest BCUT2D eigenvalue weighted by Gasteiger charge is 2.00. The van der Waals surface area contributed by atoms with E-state index < -0.39 is 0 Å². The fourth-order valence-corrected chi connectivity index (χ4v) is 2.04. The normalized spacial score (nSPS) is 10.7. The average molecular weight is 321 g/mol. The molecule has 0 amide bonds. The number of hydrogen-bond donors (Lipinski definition) is 0. The summed E-state index contributed by atoms with van der Waals surface area (Å²) in [5.74, 6) is 5.04. The Morgan fingerprint density at radius 3 is 2.88 bits per heavy atom. The van der Waals surface area contributed by atoms with Crippen LogP contribution < -0.4 is 0 Å². The zero-order valence-electron chi connectivity index (χ0n) is 13.8. The summed E-state index contributed by atoms with van der Waals surface area (Å²) in [7, 11) is 0. The van der Waals surface area contributed by atoms with Gasteiger partial charge in [0.05, 0.1) is 5.69 Å². The van der Waals surface area contributed by atoms with E-state index in [0.29, 0.717) is 18.6 Å². The molecule has 0 spiro atoms. The maximum Gasteiger partial charge on any atom is 0.193 e. The number of hydrogen-bond acceptors (Lipinski definition) is 5. The summed E-state index contributed by atoms with van der Waals surface area (Å²) in [6.07, 6.45) is 2.11. The van der Waals surface area contributed by atoms with Gasteiger partial charge in [0.25, 0.3) is 0 Å². The second-order valence-corrected chi connectivity index (χ2v) is 5.18. The third-order valence-corrected chi connectivity index (χ3v) is 3.19. The molecule has 2 heterocycles. The minimum atomic E-state index is 0.495. The number of aryl methyl sites for hydroxylation is 2. The summed E-state index contributed by atoms with van der Waals surface area (Å²) in [6, 6.07) is 11.4. The Labute approximate surface area is 141 Å². The minimum Gasteiger partial charge on any atom is -0.396 e. The summed E-state index contributed by atoms with van der Waals surface area (Å²) in [6.45, 7) is 4.31. The Morgan fingerprint density at radius 1 is 1.25 bits per heavy atom. The molecule has 0 saturated heterocycles. The van der Waals surface area contributed by atoms with Gasteiger partial charge in [0.2, 0.25) is 0 Å². The van der Waals surface area contributed by atoms with Crippen molar-refractivity contribution in [3.8, 4) is 11.8 Å². The van der Waals surface area contributed by atoms with Crippen LogP contribution in [0.25, 0.3) is 0 Å². The van der Waals surface area contributed by atoms with Gasteiger partial charge in [0.15, 0.2) is 6.29 Å². The van der Waals surface area contributed by atoms with E-state index in [9.17, 15) is 4.79 Å². The Balaban J connectivity index is 1.80. The molecular formula is C19H19N3O2. The average Bonchev–Trinajstić information content (AvgIpc) is 2.60. The number of oxime groups is 1. The number of aldehydes is 1. The molecule has 0 atom stereocenters. The molecule has 0 aliphatic heterocycles. The highest BCUT2D eigenvalue weighted by atomic mass is 16.6. The molecule has 0 radical (unpaired) electrons. The van der Waals surface area contributed by atoms with Gasteiger partial charge in [-0.1, -0.05) is 17.3 Å². The molecular weight excluding hydrogens is 302 g/mol. The number of nitrogens with zero attached hydrogens (tertiary/aromatic N) is 3. The van der Waals surface area contributed by atoms with Crippen LogP contribution in [0.15, 0.2) is 41.6 Å². The SMILES string of the molecule is C/C(=N\OCCCc1cccc(C#CC=O)n1)c1cccc(C)n1. The number of carbonyl (C=O) groups is 1. The van der Waals surface area contributed by atoms with Crippen molar-refractivity contribution in [2.24, 2.45) is 5.16 Å². The highest BCUT2D eigenvalue weighted by Crippen LogP contribution is 2.04. The number of pyridine rings is 2. The maximum absolute atomic E-state index is 10.2. The molecule has 0 fully saturated rings.